The Morgan fingerprint density at radius 3 is 2.82 bits per heavy atom. The van der Waals surface area contributed by atoms with Crippen LogP contribution in [0.1, 0.15) is 5.56 Å². The summed E-state index contributed by atoms with van der Waals surface area (Å²) in [6.45, 7) is 0. The highest BCUT2D eigenvalue weighted by atomic mass is 16.6. The van der Waals surface area contributed by atoms with Gasteiger partial charge in [0.25, 0.3) is 5.69 Å². The molecule has 0 bridgehead atoms. The Kier molecular flexibility index (Phi) is 1.91. The number of aromatic nitrogens is 1. The van der Waals surface area contributed by atoms with E-state index in [1.807, 2.05) is 0 Å². The van der Waals surface area contributed by atoms with Gasteiger partial charge in [0.2, 0.25) is 6.29 Å². The van der Waals surface area contributed by atoms with Gasteiger partial charge in [0.05, 0.1) is 10.5 Å². The number of rotatable bonds is 2. The lowest BCUT2D eigenvalue weighted by molar-refractivity contribution is -0.385. The zero-order valence-corrected chi connectivity index (χ0v) is 5.35. The van der Waals surface area contributed by atoms with Gasteiger partial charge in [-0.2, -0.15) is 0 Å². The smallest absolute Gasteiger partial charge is 0.285 e. The fourth-order valence-electron chi connectivity index (χ4n) is 0.583. The van der Waals surface area contributed by atoms with E-state index in [1.54, 1.807) is 0 Å². The summed E-state index contributed by atoms with van der Waals surface area (Å²) in [5.74, 6) is 0. The maximum absolute atomic E-state index is 10.1. The maximum atomic E-state index is 10.1. The van der Waals surface area contributed by atoms with E-state index in [4.69, 9.17) is 0 Å². The Bertz CT molecular complexity index is 298. The number of pyridine rings is 1. The molecule has 1 aromatic heterocycles. The van der Waals surface area contributed by atoms with Gasteiger partial charge in [0.15, 0.2) is 0 Å². The largest absolute Gasteiger partial charge is 0.288 e. The van der Waals surface area contributed by atoms with Crippen molar-refractivity contribution in [2.45, 2.75) is 0 Å². The van der Waals surface area contributed by atoms with Gasteiger partial charge in [0, 0.05) is 12.3 Å². The zero-order valence-electron chi connectivity index (χ0n) is 5.35. The predicted molar refractivity (Wildman–Crippen MR) is 35.7 cm³/mol. The summed E-state index contributed by atoms with van der Waals surface area (Å²) in [5.41, 5.74) is -0.120. The SMILES string of the molecule is O=[C]c1cncc([N+](=O)[O-])c1. The standard InChI is InChI=1S/C6H3N2O3/c9-4-5-1-6(8(10)11)3-7-2-5/h1-3H. The van der Waals surface area contributed by atoms with Gasteiger partial charge >= 0.3 is 0 Å². The molecule has 1 heterocycles. The third-order valence-corrected chi connectivity index (χ3v) is 1.05. The zero-order chi connectivity index (χ0) is 8.27. The van der Waals surface area contributed by atoms with E-state index in [0.717, 1.165) is 12.3 Å². The van der Waals surface area contributed by atoms with Crippen LogP contribution in [-0.4, -0.2) is 16.2 Å². The molecule has 0 aliphatic carbocycles. The van der Waals surface area contributed by atoms with Crippen LogP contribution in [-0.2, 0) is 4.79 Å². The van der Waals surface area contributed by atoms with E-state index in [1.165, 1.54) is 12.5 Å². The first-order valence-corrected chi connectivity index (χ1v) is 2.71. The van der Waals surface area contributed by atoms with Gasteiger partial charge in [-0.1, -0.05) is 0 Å². The molecule has 0 saturated heterocycles. The summed E-state index contributed by atoms with van der Waals surface area (Å²) < 4.78 is 0. The molecule has 1 aromatic rings. The van der Waals surface area contributed by atoms with Gasteiger partial charge in [-0.15, -0.1) is 0 Å². The molecule has 0 N–H and O–H groups in total. The predicted octanol–water partition coefficient (Wildman–Crippen LogP) is 0.448. The van der Waals surface area contributed by atoms with E-state index >= 15 is 0 Å². The van der Waals surface area contributed by atoms with E-state index in [9.17, 15) is 14.9 Å². The van der Waals surface area contributed by atoms with Crippen molar-refractivity contribution in [3.63, 3.8) is 0 Å². The summed E-state index contributed by atoms with van der Waals surface area (Å²) >= 11 is 0. The molecule has 5 heteroatoms. The second-order valence-corrected chi connectivity index (χ2v) is 1.79. The summed E-state index contributed by atoms with van der Waals surface area (Å²) in [6, 6.07) is 1.11. The fraction of sp³-hybridized carbons (Fsp3) is 0. The number of carbonyl (C=O) groups excluding carboxylic acids is 1. The first-order chi connectivity index (χ1) is 5.24. The van der Waals surface area contributed by atoms with Crippen LogP contribution in [0.3, 0.4) is 0 Å². The molecule has 0 fully saturated rings. The Labute approximate surface area is 61.8 Å². The maximum Gasteiger partial charge on any atom is 0.288 e. The van der Waals surface area contributed by atoms with Crippen molar-refractivity contribution in [2.75, 3.05) is 0 Å². The molecular formula is C6H3N2O3. The fourth-order valence-corrected chi connectivity index (χ4v) is 0.583. The average Bonchev–Trinajstić information content (AvgIpc) is 2.05. The summed E-state index contributed by atoms with van der Waals surface area (Å²) in [7, 11) is 0. The quantitative estimate of drug-likeness (QED) is 0.454. The number of nitro groups is 1. The second kappa shape index (κ2) is 2.87. The molecule has 11 heavy (non-hydrogen) atoms. The molecule has 0 amide bonds. The lowest BCUT2D eigenvalue weighted by Crippen LogP contribution is -1.90. The molecule has 0 unspecified atom stereocenters. The van der Waals surface area contributed by atoms with Gasteiger partial charge < -0.3 is 0 Å². The molecular weight excluding hydrogens is 148 g/mol. The van der Waals surface area contributed by atoms with Crippen LogP contribution in [0.25, 0.3) is 0 Å². The molecule has 5 nitrogen and oxygen atoms in total. The number of nitrogens with zero attached hydrogens (tertiary/aromatic N) is 2. The molecule has 55 valence electrons. The number of hydrogen-bond acceptors (Lipinski definition) is 4. The second-order valence-electron chi connectivity index (χ2n) is 1.79. The average molecular weight is 151 g/mol. The molecule has 0 aliphatic heterocycles. The summed E-state index contributed by atoms with van der Waals surface area (Å²) in [4.78, 5) is 23.0. The monoisotopic (exact) mass is 151 g/mol. The van der Waals surface area contributed by atoms with Crippen molar-refractivity contribution in [3.8, 4) is 0 Å². The molecule has 0 saturated carbocycles. The third-order valence-electron chi connectivity index (χ3n) is 1.05. The molecule has 0 atom stereocenters. The van der Waals surface area contributed by atoms with E-state index < -0.39 is 4.92 Å². The first kappa shape index (κ1) is 7.33. The van der Waals surface area contributed by atoms with Crippen molar-refractivity contribution in [3.05, 3.63) is 34.1 Å². The highest BCUT2D eigenvalue weighted by Crippen LogP contribution is 2.08. The topological polar surface area (TPSA) is 73.1 Å². The van der Waals surface area contributed by atoms with Crippen LogP contribution < -0.4 is 0 Å². The molecule has 0 spiro atoms. The Morgan fingerprint density at radius 1 is 1.55 bits per heavy atom. The van der Waals surface area contributed by atoms with Gasteiger partial charge in [-0.05, 0) is 0 Å². The van der Waals surface area contributed by atoms with Crippen LogP contribution in [0.15, 0.2) is 18.5 Å². The Hall–Kier alpha value is -1.78. The highest BCUT2D eigenvalue weighted by molar-refractivity contribution is 5.75. The molecule has 1 rings (SSSR count). The number of hydrogen-bond donors (Lipinski definition) is 0. The van der Waals surface area contributed by atoms with Crippen LogP contribution >= 0.6 is 0 Å². The van der Waals surface area contributed by atoms with Crippen molar-refractivity contribution < 1.29 is 9.72 Å². The van der Waals surface area contributed by atoms with Crippen LogP contribution in [0.4, 0.5) is 5.69 Å². The van der Waals surface area contributed by atoms with Crippen molar-refractivity contribution in [1.29, 1.82) is 0 Å². The van der Waals surface area contributed by atoms with Crippen LogP contribution in [0.5, 0.6) is 0 Å². The van der Waals surface area contributed by atoms with Gasteiger partial charge in [-0.3, -0.25) is 19.9 Å². The van der Waals surface area contributed by atoms with E-state index in [-0.39, 0.29) is 11.3 Å². The van der Waals surface area contributed by atoms with Crippen LogP contribution in [0.2, 0.25) is 0 Å². The first-order valence-electron chi connectivity index (χ1n) is 2.71. The summed E-state index contributed by atoms with van der Waals surface area (Å²) in [6.07, 6.45) is 3.78. The van der Waals surface area contributed by atoms with Crippen molar-refractivity contribution in [2.24, 2.45) is 0 Å². The minimum absolute atomic E-state index is 0.0826. The third kappa shape index (κ3) is 1.57. The van der Waals surface area contributed by atoms with E-state index in [0.29, 0.717) is 0 Å². The van der Waals surface area contributed by atoms with Gasteiger partial charge in [0.1, 0.15) is 6.20 Å². The van der Waals surface area contributed by atoms with E-state index in [2.05, 4.69) is 4.98 Å². The summed E-state index contributed by atoms with van der Waals surface area (Å²) in [5, 5.41) is 10.1. The van der Waals surface area contributed by atoms with Crippen molar-refractivity contribution >= 4 is 12.0 Å². The highest BCUT2D eigenvalue weighted by Gasteiger charge is 2.05. The normalized spacial score (nSPS) is 9.09. The Morgan fingerprint density at radius 2 is 2.27 bits per heavy atom. The molecule has 1 radical (unpaired) electrons. The Balaban J connectivity index is 3.10. The molecule has 0 aromatic carbocycles. The lowest BCUT2D eigenvalue weighted by atomic mass is 10.3. The van der Waals surface area contributed by atoms with Crippen LogP contribution in [0, 0.1) is 10.1 Å². The minimum Gasteiger partial charge on any atom is -0.285 e. The molecule has 0 aliphatic rings. The minimum atomic E-state index is -0.617. The lowest BCUT2D eigenvalue weighted by Gasteiger charge is -1.88. The van der Waals surface area contributed by atoms with Gasteiger partial charge in [-0.25, -0.2) is 0 Å². The van der Waals surface area contributed by atoms with Crippen molar-refractivity contribution in [1.82, 2.24) is 4.98 Å².